The van der Waals surface area contributed by atoms with Crippen molar-refractivity contribution in [2.24, 2.45) is 4.99 Å². The van der Waals surface area contributed by atoms with E-state index in [0.717, 1.165) is 12.0 Å². The van der Waals surface area contributed by atoms with Crippen molar-refractivity contribution < 1.29 is 13.2 Å². The molecule has 0 aromatic heterocycles. The molecule has 3 rings (SSSR count). The number of hydrogen-bond acceptors (Lipinski definition) is 4. The molecule has 2 aliphatic rings. The van der Waals surface area contributed by atoms with Crippen LogP contribution >= 0.6 is 11.8 Å². The van der Waals surface area contributed by atoms with Crippen LogP contribution < -0.4 is 0 Å². The molecule has 2 aliphatic heterocycles. The van der Waals surface area contributed by atoms with Gasteiger partial charge in [0, 0.05) is 18.2 Å². The molecule has 0 saturated carbocycles. The summed E-state index contributed by atoms with van der Waals surface area (Å²) in [5.41, 5.74) is 2.28. The van der Waals surface area contributed by atoms with Gasteiger partial charge in [-0.2, -0.15) is 4.99 Å². The van der Waals surface area contributed by atoms with E-state index in [2.05, 4.69) is 4.99 Å². The minimum atomic E-state index is -3.00. The molecule has 0 aliphatic carbocycles. The van der Waals surface area contributed by atoms with Gasteiger partial charge in [0.15, 0.2) is 15.0 Å². The van der Waals surface area contributed by atoms with E-state index in [1.54, 1.807) is 0 Å². The summed E-state index contributed by atoms with van der Waals surface area (Å²) in [7, 11) is -3.00. The number of fused-ring (bicyclic) bond motifs is 1. The fourth-order valence-electron chi connectivity index (χ4n) is 3.09. The first kappa shape index (κ1) is 17.5. The number of carbonyl (C=O) groups excluding carboxylic acids is 1. The van der Waals surface area contributed by atoms with Gasteiger partial charge in [0.2, 0.25) is 5.91 Å². The summed E-state index contributed by atoms with van der Waals surface area (Å²) in [6, 6.07) is 8.08. The highest BCUT2D eigenvalue weighted by molar-refractivity contribution is 8.15. The highest BCUT2D eigenvalue weighted by Gasteiger charge is 2.48. The molecule has 130 valence electrons. The lowest BCUT2D eigenvalue weighted by Crippen LogP contribution is -2.37. The maximum atomic E-state index is 12.0. The molecular weight excluding hydrogens is 344 g/mol. The van der Waals surface area contributed by atoms with Crippen LogP contribution in [0.4, 0.5) is 0 Å². The Morgan fingerprint density at radius 2 is 2.00 bits per heavy atom. The van der Waals surface area contributed by atoms with Crippen molar-refractivity contribution >= 4 is 32.7 Å². The first-order chi connectivity index (χ1) is 11.4. The Hall–Kier alpha value is -1.34. The summed E-state index contributed by atoms with van der Waals surface area (Å²) < 4.78 is 23.9. The summed E-state index contributed by atoms with van der Waals surface area (Å²) in [4.78, 5) is 18.2. The molecule has 0 N–H and O–H groups in total. The maximum Gasteiger partial charge on any atom is 0.248 e. The lowest BCUT2D eigenvalue weighted by molar-refractivity contribution is -0.117. The summed E-state index contributed by atoms with van der Waals surface area (Å²) in [6.07, 6.45) is 1.19. The number of nitrogens with zero attached hydrogens (tertiary/aromatic N) is 2. The molecule has 0 radical (unpaired) electrons. The number of benzene rings is 1. The molecule has 2 fully saturated rings. The second-order valence-electron chi connectivity index (χ2n) is 6.45. The predicted octanol–water partition coefficient (Wildman–Crippen LogP) is 2.39. The molecule has 0 spiro atoms. The van der Waals surface area contributed by atoms with Crippen LogP contribution in [0.25, 0.3) is 0 Å². The summed E-state index contributed by atoms with van der Waals surface area (Å²) >= 11 is 1.44. The van der Waals surface area contributed by atoms with Crippen molar-refractivity contribution in [3.63, 3.8) is 0 Å². The maximum absolute atomic E-state index is 12.0. The van der Waals surface area contributed by atoms with Gasteiger partial charge in [-0.15, -0.1) is 0 Å². The average Bonchev–Trinajstić information content (AvgIpc) is 2.95. The van der Waals surface area contributed by atoms with E-state index < -0.39 is 9.84 Å². The number of carbonyl (C=O) groups is 1. The van der Waals surface area contributed by atoms with Crippen molar-refractivity contribution in [2.75, 3.05) is 11.5 Å². The highest BCUT2D eigenvalue weighted by atomic mass is 32.2. The Morgan fingerprint density at radius 3 is 2.67 bits per heavy atom. The number of rotatable bonds is 4. The Balaban J connectivity index is 1.86. The standard InChI is InChI=1S/C17H22N2O3S2/c1-3-4-16(20)18-17-19(9-13-7-5-12(2)6-8-13)14-10-24(21,22)11-15(14)23-17/h5-8,14-15H,3-4,9-11H2,1-2H3. The molecule has 2 heterocycles. The van der Waals surface area contributed by atoms with E-state index in [1.807, 2.05) is 43.0 Å². The third-order valence-corrected chi connectivity index (χ3v) is 7.58. The molecule has 2 atom stereocenters. The molecule has 2 saturated heterocycles. The largest absolute Gasteiger partial charge is 0.342 e. The Labute approximate surface area is 147 Å². The number of aryl methyl sites for hydroxylation is 1. The second-order valence-corrected chi connectivity index (χ2v) is 9.81. The molecule has 1 aromatic rings. The van der Waals surface area contributed by atoms with E-state index in [9.17, 15) is 13.2 Å². The molecular formula is C17H22N2O3S2. The lowest BCUT2D eigenvalue weighted by Gasteiger charge is -2.24. The first-order valence-corrected chi connectivity index (χ1v) is 10.9. The Morgan fingerprint density at radius 1 is 1.29 bits per heavy atom. The third kappa shape index (κ3) is 3.83. The summed E-state index contributed by atoms with van der Waals surface area (Å²) in [5, 5.41) is 0.660. The van der Waals surface area contributed by atoms with Gasteiger partial charge in [-0.25, -0.2) is 8.42 Å². The number of sulfone groups is 1. The van der Waals surface area contributed by atoms with Gasteiger partial charge in [0.1, 0.15) is 0 Å². The smallest absolute Gasteiger partial charge is 0.248 e. The predicted molar refractivity (Wildman–Crippen MR) is 97.9 cm³/mol. The zero-order chi connectivity index (χ0) is 17.3. The van der Waals surface area contributed by atoms with E-state index in [4.69, 9.17) is 0 Å². The zero-order valence-electron chi connectivity index (χ0n) is 13.9. The van der Waals surface area contributed by atoms with Crippen LogP contribution in [0.1, 0.15) is 30.9 Å². The van der Waals surface area contributed by atoms with Gasteiger partial charge in [-0.3, -0.25) is 4.79 Å². The Bertz CT molecular complexity index is 757. The average molecular weight is 367 g/mol. The zero-order valence-corrected chi connectivity index (χ0v) is 15.6. The van der Waals surface area contributed by atoms with Crippen LogP contribution in [0.3, 0.4) is 0 Å². The molecule has 0 bridgehead atoms. The van der Waals surface area contributed by atoms with Crippen LogP contribution in [-0.2, 0) is 21.2 Å². The summed E-state index contributed by atoms with van der Waals surface area (Å²) in [5.74, 6) is 0.197. The van der Waals surface area contributed by atoms with Crippen molar-refractivity contribution in [1.82, 2.24) is 4.90 Å². The molecule has 24 heavy (non-hydrogen) atoms. The van der Waals surface area contributed by atoms with Crippen molar-refractivity contribution in [3.8, 4) is 0 Å². The number of amidine groups is 1. The lowest BCUT2D eigenvalue weighted by atomic mass is 10.1. The van der Waals surface area contributed by atoms with E-state index in [0.29, 0.717) is 18.1 Å². The summed E-state index contributed by atoms with van der Waals surface area (Å²) in [6.45, 7) is 4.57. The van der Waals surface area contributed by atoms with Gasteiger partial charge >= 0.3 is 0 Å². The van der Waals surface area contributed by atoms with Crippen LogP contribution in [0.2, 0.25) is 0 Å². The first-order valence-electron chi connectivity index (χ1n) is 8.19. The van der Waals surface area contributed by atoms with Crippen LogP contribution in [0.15, 0.2) is 29.3 Å². The fraction of sp³-hybridized carbons (Fsp3) is 0.529. The van der Waals surface area contributed by atoms with Gasteiger partial charge in [-0.1, -0.05) is 48.5 Å². The molecule has 1 aromatic carbocycles. The molecule has 5 nitrogen and oxygen atoms in total. The molecule has 7 heteroatoms. The monoisotopic (exact) mass is 366 g/mol. The van der Waals surface area contributed by atoms with E-state index >= 15 is 0 Å². The highest BCUT2D eigenvalue weighted by Crippen LogP contribution is 2.39. The molecule has 1 amide bonds. The minimum absolute atomic E-state index is 0.0198. The van der Waals surface area contributed by atoms with Crippen LogP contribution in [0, 0.1) is 6.92 Å². The topological polar surface area (TPSA) is 66.8 Å². The Kier molecular flexibility index (Phi) is 5.01. The van der Waals surface area contributed by atoms with Gasteiger partial charge in [0.25, 0.3) is 0 Å². The van der Waals surface area contributed by atoms with Crippen LogP contribution in [0.5, 0.6) is 0 Å². The number of hydrogen-bond donors (Lipinski definition) is 0. The van der Waals surface area contributed by atoms with Crippen molar-refractivity contribution in [1.29, 1.82) is 0 Å². The van der Waals surface area contributed by atoms with Gasteiger partial charge < -0.3 is 4.90 Å². The number of amides is 1. The number of aliphatic imine (C=N–C) groups is 1. The number of thioether (sulfide) groups is 1. The van der Waals surface area contributed by atoms with E-state index in [-0.39, 0.29) is 28.7 Å². The van der Waals surface area contributed by atoms with Crippen LogP contribution in [-0.4, -0.2) is 47.2 Å². The van der Waals surface area contributed by atoms with E-state index in [1.165, 1.54) is 17.3 Å². The fourth-order valence-corrected chi connectivity index (χ4v) is 7.06. The van der Waals surface area contributed by atoms with Gasteiger partial charge in [-0.05, 0) is 18.9 Å². The SMILES string of the molecule is CCCC(=O)N=C1SC2CS(=O)(=O)CC2N1Cc1ccc(C)cc1. The second kappa shape index (κ2) is 6.88. The molecule has 2 unspecified atom stereocenters. The third-order valence-electron chi connectivity index (χ3n) is 4.33. The van der Waals surface area contributed by atoms with Gasteiger partial charge in [0.05, 0.1) is 17.5 Å². The normalized spacial score (nSPS) is 26.8. The van der Waals surface area contributed by atoms with Crippen molar-refractivity contribution in [2.45, 2.75) is 44.5 Å². The van der Waals surface area contributed by atoms with Crippen molar-refractivity contribution in [3.05, 3.63) is 35.4 Å². The quantitative estimate of drug-likeness (QED) is 0.818. The minimum Gasteiger partial charge on any atom is -0.342 e.